The smallest absolute Gasteiger partial charge is 0.250 e. The number of aryl methyl sites for hydroxylation is 1. The number of halogens is 1. The second kappa shape index (κ2) is 5.93. The molecule has 4 atom stereocenters. The fourth-order valence-electron chi connectivity index (χ4n) is 6.22. The van der Waals surface area contributed by atoms with Gasteiger partial charge in [0.15, 0.2) is 0 Å². The van der Waals surface area contributed by atoms with Gasteiger partial charge in [0.2, 0.25) is 17.7 Å². The Morgan fingerprint density at radius 3 is 2.73 bits per heavy atom. The molecule has 3 saturated heterocycles. The Morgan fingerprint density at radius 1 is 1.10 bits per heavy atom. The van der Waals surface area contributed by atoms with Crippen LogP contribution in [0.1, 0.15) is 24.0 Å². The molecule has 4 heterocycles. The first kappa shape index (κ1) is 18.1. The average Bonchev–Trinajstić information content (AvgIpc) is 3.42. The molecule has 1 spiro atoms. The number of rotatable bonds is 1. The SMILES string of the molecule is Cc1ccc(Cl)cc1N1C(=O)[C@H]2[C@@H](C1=O)[C@]1(C(=O)Nc3ccccc31)N1CCC[C@@H]21. The second-order valence-corrected chi connectivity index (χ2v) is 9.05. The third kappa shape index (κ3) is 1.96. The molecule has 152 valence electrons. The maximum absolute atomic E-state index is 13.9. The quantitative estimate of drug-likeness (QED) is 0.718. The third-order valence-corrected chi connectivity index (χ3v) is 7.55. The Kier molecular flexibility index (Phi) is 3.58. The Bertz CT molecular complexity index is 1150. The topological polar surface area (TPSA) is 69.7 Å². The van der Waals surface area contributed by atoms with E-state index >= 15 is 0 Å². The van der Waals surface area contributed by atoms with Crippen LogP contribution in [-0.2, 0) is 19.9 Å². The fraction of sp³-hybridized carbons (Fsp3) is 0.348. The maximum Gasteiger partial charge on any atom is 0.250 e. The van der Waals surface area contributed by atoms with Crippen LogP contribution >= 0.6 is 11.6 Å². The molecule has 7 heteroatoms. The van der Waals surface area contributed by atoms with Gasteiger partial charge in [0.25, 0.3) is 0 Å². The molecule has 0 bridgehead atoms. The summed E-state index contributed by atoms with van der Waals surface area (Å²) in [4.78, 5) is 44.4. The van der Waals surface area contributed by atoms with Gasteiger partial charge in [-0.25, -0.2) is 4.90 Å². The molecule has 0 aromatic heterocycles. The summed E-state index contributed by atoms with van der Waals surface area (Å²) in [5, 5.41) is 3.45. The van der Waals surface area contributed by atoms with E-state index in [2.05, 4.69) is 10.2 Å². The van der Waals surface area contributed by atoms with E-state index in [0.29, 0.717) is 17.3 Å². The summed E-state index contributed by atoms with van der Waals surface area (Å²) in [5.74, 6) is -2.00. The van der Waals surface area contributed by atoms with E-state index in [-0.39, 0.29) is 23.8 Å². The fourth-order valence-corrected chi connectivity index (χ4v) is 6.39. The molecule has 4 aliphatic rings. The first-order valence-corrected chi connectivity index (χ1v) is 10.7. The van der Waals surface area contributed by atoms with Crippen LogP contribution in [0.2, 0.25) is 5.02 Å². The van der Waals surface area contributed by atoms with Gasteiger partial charge >= 0.3 is 0 Å². The molecule has 1 N–H and O–H groups in total. The highest BCUT2D eigenvalue weighted by atomic mass is 35.5. The maximum atomic E-state index is 13.9. The zero-order valence-electron chi connectivity index (χ0n) is 16.4. The van der Waals surface area contributed by atoms with Gasteiger partial charge in [0, 0.05) is 22.3 Å². The normalized spacial score (nSPS) is 32.0. The Morgan fingerprint density at radius 2 is 1.90 bits per heavy atom. The van der Waals surface area contributed by atoms with Gasteiger partial charge in [0.1, 0.15) is 5.54 Å². The lowest BCUT2D eigenvalue weighted by atomic mass is 9.75. The number of nitrogens with one attached hydrogen (secondary N) is 1. The number of benzene rings is 2. The predicted molar refractivity (Wildman–Crippen MR) is 112 cm³/mol. The molecule has 0 radical (unpaired) electrons. The van der Waals surface area contributed by atoms with Gasteiger partial charge in [-0.3, -0.25) is 19.3 Å². The third-order valence-electron chi connectivity index (χ3n) is 7.31. The lowest BCUT2D eigenvalue weighted by molar-refractivity contribution is -0.135. The van der Waals surface area contributed by atoms with Crippen LogP contribution in [0, 0.1) is 18.8 Å². The summed E-state index contributed by atoms with van der Waals surface area (Å²) in [6.45, 7) is 2.56. The number of nitrogens with zero attached hydrogens (tertiary/aromatic N) is 2. The van der Waals surface area contributed by atoms with Gasteiger partial charge in [-0.15, -0.1) is 0 Å². The van der Waals surface area contributed by atoms with Crippen molar-refractivity contribution in [2.45, 2.75) is 31.3 Å². The molecule has 6 rings (SSSR count). The van der Waals surface area contributed by atoms with Crippen LogP contribution in [0.25, 0.3) is 0 Å². The summed E-state index contributed by atoms with van der Waals surface area (Å²) < 4.78 is 0. The zero-order chi connectivity index (χ0) is 20.8. The second-order valence-electron chi connectivity index (χ2n) is 8.62. The van der Waals surface area contributed by atoms with Crippen LogP contribution in [0.5, 0.6) is 0 Å². The molecule has 30 heavy (non-hydrogen) atoms. The van der Waals surface area contributed by atoms with E-state index in [9.17, 15) is 14.4 Å². The van der Waals surface area contributed by atoms with Gasteiger partial charge in [-0.05, 0) is 50.1 Å². The predicted octanol–water partition coefficient (Wildman–Crippen LogP) is 3.08. The molecular formula is C23H20ClN3O3. The monoisotopic (exact) mass is 421 g/mol. The van der Waals surface area contributed by atoms with Crippen molar-refractivity contribution in [2.24, 2.45) is 11.8 Å². The number of fused-ring (bicyclic) bond motifs is 7. The standard InChI is InChI=1S/C23H20ClN3O3/c1-12-8-9-13(24)11-17(12)27-20(28)18-16-7-4-10-26(16)23(19(18)21(27)29)14-5-2-3-6-15(14)25-22(23)30/h2-3,5-6,8-9,11,16,18-19H,4,7,10H2,1H3,(H,25,30)/t16-,18+,19-,23+/m0/s1. The summed E-state index contributed by atoms with van der Waals surface area (Å²) in [5.41, 5.74) is 1.72. The summed E-state index contributed by atoms with van der Waals surface area (Å²) >= 11 is 6.19. The van der Waals surface area contributed by atoms with Gasteiger partial charge < -0.3 is 5.32 Å². The lowest BCUT2D eigenvalue weighted by Gasteiger charge is -2.36. The summed E-state index contributed by atoms with van der Waals surface area (Å²) in [7, 11) is 0. The van der Waals surface area contributed by atoms with Gasteiger partial charge in [0.05, 0.1) is 17.5 Å². The van der Waals surface area contributed by atoms with Crippen LogP contribution in [0.3, 0.4) is 0 Å². The van der Waals surface area contributed by atoms with Crippen molar-refractivity contribution in [2.75, 3.05) is 16.8 Å². The number of carbonyl (C=O) groups is 3. The van der Waals surface area contributed by atoms with E-state index in [1.54, 1.807) is 12.1 Å². The molecule has 0 unspecified atom stereocenters. The number of imide groups is 1. The number of amides is 3. The molecule has 0 saturated carbocycles. The molecule has 0 aliphatic carbocycles. The van der Waals surface area contributed by atoms with E-state index in [4.69, 9.17) is 11.6 Å². The van der Waals surface area contributed by atoms with Crippen molar-refractivity contribution in [3.63, 3.8) is 0 Å². The van der Waals surface area contributed by atoms with E-state index < -0.39 is 17.4 Å². The number of para-hydroxylation sites is 1. The Hall–Kier alpha value is -2.70. The highest BCUT2D eigenvalue weighted by molar-refractivity contribution is 6.32. The van der Waals surface area contributed by atoms with Crippen LogP contribution < -0.4 is 10.2 Å². The largest absolute Gasteiger partial charge is 0.324 e. The molecule has 4 aliphatic heterocycles. The first-order chi connectivity index (χ1) is 14.5. The number of hydrogen-bond acceptors (Lipinski definition) is 4. The minimum atomic E-state index is -1.13. The molecule has 6 nitrogen and oxygen atoms in total. The van der Waals surface area contributed by atoms with Crippen molar-refractivity contribution >= 4 is 40.7 Å². The molecule has 3 fully saturated rings. The summed E-state index contributed by atoms with van der Waals surface area (Å²) in [6.07, 6.45) is 1.71. The Labute approximate surface area is 178 Å². The van der Waals surface area contributed by atoms with Crippen molar-refractivity contribution in [1.29, 1.82) is 0 Å². The number of hydrogen-bond donors (Lipinski definition) is 1. The molecule has 2 aromatic rings. The van der Waals surface area contributed by atoms with Crippen molar-refractivity contribution < 1.29 is 14.4 Å². The van der Waals surface area contributed by atoms with Crippen LogP contribution in [-0.4, -0.2) is 35.2 Å². The van der Waals surface area contributed by atoms with Crippen LogP contribution in [0.15, 0.2) is 42.5 Å². The molecule has 2 aromatic carbocycles. The summed E-state index contributed by atoms with van der Waals surface area (Å²) in [6, 6.07) is 12.6. The van der Waals surface area contributed by atoms with E-state index in [0.717, 1.165) is 29.7 Å². The van der Waals surface area contributed by atoms with E-state index in [1.165, 1.54) is 4.90 Å². The van der Waals surface area contributed by atoms with Crippen molar-refractivity contribution in [3.8, 4) is 0 Å². The molecule has 3 amide bonds. The molecular weight excluding hydrogens is 402 g/mol. The van der Waals surface area contributed by atoms with Crippen molar-refractivity contribution in [3.05, 3.63) is 58.6 Å². The highest BCUT2D eigenvalue weighted by Gasteiger charge is 2.74. The average molecular weight is 422 g/mol. The minimum Gasteiger partial charge on any atom is -0.324 e. The van der Waals surface area contributed by atoms with Crippen molar-refractivity contribution in [1.82, 2.24) is 4.90 Å². The highest BCUT2D eigenvalue weighted by Crippen LogP contribution is 2.60. The zero-order valence-corrected chi connectivity index (χ0v) is 17.1. The minimum absolute atomic E-state index is 0.118. The Balaban J connectivity index is 1.57. The van der Waals surface area contributed by atoms with Crippen LogP contribution in [0.4, 0.5) is 11.4 Å². The van der Waals surface area contributed by atoms with E-state index in [1.807, 2.05) is 37.3 Å². The van der Waals surface area contributed by atoms with Gasteiger partial charge in [-0.2, -0.15) is 0 Å². The number of carbonyl (C=O) groups excluding carboxylic acids is 3. The van der Waals surface area contributed by atoms with Gasteiger partial charge in [-0.1, -0.05) is 35.9 Å². The number of anilines is 2. The first-order valence-electron chi connectivity index (χ1n) is 10.3. The lowest BCUT2D eigenvalue weighted by Crippen LogP contribution is -2.54.